The molecule has 0 unspecified atom stereocenters. The van der Waals surface area contributed by atoms with Gasteiger partial charge in [-0.2, -0.15) is 5.26 Å². The second-order valence-electron chi connectivity index (χ2n) is 5.72. The maximum Gasteiger partial charge on any atom is 0.254 e. The summed E-state index contributed by atoms with van der Waals surface area (Å²) in [5.74, 6) is -0.337. The Balaban J connectivity index is 1.61. The number of hydrogen-bond donors (Lipinski definition) is 0. The summed E-state index contributed by atoms with van der Waals surface area (Å²) in [5, 5.41) is 9.13. The molecule has 3 rings (SSSR count). The average molecular weight is 324 g/mol. The van der Waals surface area contributed by atoms with Crippen molar-refractivity contribution in [1.82, 2.24) is 14.8 Å². The molecule has 0 N–H and O–H groups in total. The number of amides is 1. The Bertz CT molecular complexity index is 764. The number of nitrogens with zero attached hydrogens (tertiary/aromatic N) is 4. The van der Waals surface area contributed by atoms with Crippen LogP contribution >= 0.6 is 0 Å². The van der Waals surface area contributed by atoms with Crippen LogP contribution in [0.1, 0.15) is 21.5 Å². The van der Waals surface area contributed by atoms with E-state index in [0.29, 0.717) is 49.4 Å². The summed E-state index contributed by atoms with van der Waals surface area (Å²) in [6, 6.07) is 9.73. The lowest BCUT2D eigenvalue weighted by molar-refractivity contribution is 0.0628. The van der Waals surface area contributed by atoms with Gasteiger partial charge in [0.1, 0.15) is 5.82 Å². The van der Waals surface area contributed by atoms with Crippen LogP contribution in [0.3, 0.4) is 0 Å². The lowest BCUT2D eigenvalue weighted by Crippen LogP contribution is -2.48. The van der Waals surface area contributed by atoms with Gasteiger partial charge in [0.15, 0.2) is 0 Å². The first-order valence-corrected chi connectivity index (χ1v) is 7.77. The Labute approximate surface area is 139 Å². The molecule has 24 heavy (non-hydrogen) atoms. The number of rotatable bonds is 3. The molecule has 1 fully saturated rings. The average Bonchev–Trinajstić information content (AvgIpc) is 2.63. The molecule has 1 amide bonds. The molecule has 0 bridgehead atoms. The Kier molecular flexibility index (Phi) is 4.82. The summed E-state index contributed by atoms with van der Waals surface area (Å²) in [6.45, 7) is 3.12. The van der Waals surface area contributed by atoms with Crippen LogP contribution in [-0.2, 0) is 6.54 Å². The van der Waals surface area contributed by atoms with Crippen molar-refractivity contribution in [2.24, 2.45) is 0 Å². The summed E-state index contributed by atoms with van der Waals surface area (Å²) in [5.41, 5.74) is 1.81. The van der Waals surface area contributed by atoms with Gasteiger partial charge in [-0.05, 0) is 35.9 Å². The van der Waals surface area contributed by atoms with Crippen molar-refractivity contribution < 1.29 is 9.18 Å². The number of carbonyl (C=O) groups is 1. The summed E-state index contributed by atoms with van der Waals surface area (Å²) >= 11 is 0. The van der Waals surface area contributed by atoms with Gasteiger partial charge < -0.3 is 4.90 Å². The Morgan fingerprint density at radius 1 is 1.17 bits per heavy atom. The number of carbonyl (C=O) groups excluding carboxylic acids is 1. The number of pyridine rings is 1. The largest absolute Gasteiger partial charge is 0.336 e. The zero-order valence-electron chi connectivity index (χ0n) is 13.2. The van der Waals surface area contributed by atoms with Gasteiger partial charge in [-0.25, -0.2) is 4.39 Å². The van der Waals surface area contributed by atoms with Gasteiger partial charge in [0.25, 0.3) is 5.91 Å². The molecule has 2 aromatic rings. The standard InChI is InChI=1S/C18H17FN4O/c19-17-2-1-15(12-20)16(11-17)13-22-7-9-23(10-8-22)18(24)14-3-5-21-6-4-14/h1-6,11H,7-10,13H2. The molecule has 1 aliphatic heterocycles. The first-order chi connectivity index (χ1) is 11.7. The molecule has 0 aliphatic carbocycles. The molecule has 5 nitrogen and oxygen atoms in total. The van der Waals surface area contributed by atoms with E-state index in [2.05, 4.69) is 16.0 Å². The lowest BCUT2D eigenvalue weighted by Gasteiger charge is -2.35. The van der Waals surface area contributed by atoms with Gasteiger partial charge in [0, 0.05) is 50.7 Å². The first kappa shape index (κ1) is 16.1. The van der Waals surface area contributed by atoms with Crippen molar-refractivity contribution in [3.8, 4) is 6.07 Å². The third kappa shape index (κ3) is 3.58. The minimum atomic E-state index is -0.337. The molecule has 2 heterocycles. The minimum absolute atomic E-state index is 0.000481. The molecule has 122 valence electrons. The molecule has 1 aromatic heterocycles. The van der Waals surface area contributed by atoms with E-state index in [9.17, 15) is 9.18 Å². The number of piperazine rings is 1. The molecule has 0 saturated carbocycles. The highest BCUT2D eigenvalue weighted by atomic mass is 19.1. The lowest BCUT2D eigenvalue weighted by atomic mass is 10.1. The number of aromatic nitrogens is 1. The first-order valence-electron chi connectivity index (χ1n) is 7.77. The zero-order chi connectivity index (χ0) is 16.9. The van der Waals surface area contributed by atoms with Gasteiger partial charge in [-0.3, -0.25) is 14.7 Å². The van der Waals surface area contributed by atoms with Crippen molar-refractivity contribution in [2.75, 3.05) is 26.2 Å². The van der Waals surface area contributed by atoms with Crippen molar-refractivity contribution in [3.63, 3.8) is 0 Å². The molecule has 6 heteroatoms. The maximum atomic E-state index is 13.4. The SMILES string of the molecule is N#Cc1ccc(F)cc1CN1CCN(C(=O)c2ccncc2)CC1. The maximum absolute atomic E-state index is 13.4. The van der Waals surface area contributed by atoms with E-state index in [1.165, 1.54) is 18.2 Å². The normalized spacial score (nSPS) is 15.1. The van der Waals surface area contributed by atoms with E-state index in [4.69, 9.17) is 5.26 Å². The molecule has 0 atom stereocenters. The van der Waals surface area contributed by atoms with Crippen molar-refractivity contribution in [2.45, 2.75) is 6.54 Å². The summed E-state index contributed by atoms with van der Waals surface area (Å²) < 4.78 is 13.4. The number of halogens is 1. The topological polar surface area (TPSA) is 60.2 Å². The van der Waals surface area contributed by atoms with Crippen LogP contribution in [0, 0.1) is 17.1 Å². The van der Waals surface area contributed by atoms with Crippen LogP contribution in [0.25, 0.3) is 0 Å². The highest BCUT2D eigenvalue weighted by Crippen LogP contribution is 2.15. The van der Waals surface area contributed by atoms with Crippen LogP contribution in [-0.4, -0.2) is 46.9 Å². The number of benzene rings is 1. The third-order valence-corrected chi connectivity index (χ3v) is 4.17. The van der Waals surface area contributed by atoms with Crippen molar-refractivity contribution in [3.05, 3.63) is 65.2 Å². The van der Waals surface area contributed by atoms with E-state index in [0.717, 1.165) is 0 Å². The fourth-order valence-corrected chi connectivity index (χ4v) is 2.83. The minimum Gasteiger partial charge on any atom is -0.336 e. The van der Waals surface area contributed by atoms with Crippen LogP contribution in [0.5, 0.6) is 0 Å². The molecule has 0 spiro atoms. The third-order valence-electron chi connectivity index (χ3n) is 4.17. The molecule has 0 radical (unpaired) electrons. The second kappa shape index (κ2) is 7.20. The summed E-state index contributed by atoms with van der Waals surface area (Å²) in [4.78, 5) is 20.3. The Morgan fingerprint density at radius 3 is 2.54 bits per heavy atom. The fraction of sp³-hybridized carbons (Fsp3) is 0.278. The molecular weight excluding hydrogens is 307 g/mol. The molecule has 1 aromatic carbocycles. The van der Waals surface area contributed by atoms with Crippen LogP contribution in [0.15, 0.2) is 42.7 Å². The number of hydrogen-bond acceptors (Lipinski definition) is 4. The summed E-state index contributed by atoms with van der Waals surface area (Å²) in [6.07, 6.45) is 3.22. The van der Waals surface area contributed by atoms with E-state index < -0.39 is 0 Å². The van der Waals surface area contributed by atoms with E-state index in [1.807, 2.05) is 4.90 Å². The fourth-order valence-electron chi connectivity index (χ4n) is 2.83. The van der Waals surface area contributed by atoms with Crippen LogP contribution < -0.4 is 0 Å². The quantitative estimate of drug-likeness (QED) is 0.867. The van der Waals surface area contributed by atoms with Gasteiger partial charge in [-0.15, -0.1) is 0 Å². The molecule has 1 aliphatic rings. The highest BCUT2D eigenvalue weighted by Gasteiger charge is 2.22. The van der Waals surface area contributed by atoms with Crippen LogP contribution in [0.4, 0.5) is 4.39 Å². The smallest absolute Gasteiger partial charge is 0.254 e. The molecule has 1 saturated heterocycles. The van der Waals surface area contributed by atoms with Gasteiger partial charge >= 0.3 is 0 Å². The second-order valence-corrected chi connectivity index (χ2v) is 5.72. The number of nitriles is 1. The van der Waals surface area contributed by atoms with Crippen molar-refractivity contribution >= 4 is 5.91 Å². The van der Waals surface area contributed by atoms with E-state index >= 15 is 0 Å². The van der Waals surface area contributed by atoms with E-state index in [-0.39, 0.29) is 11.7 Å². The van der Waals surface area contributed by atoms with Crippen molar-refractivity contribution in [1.29, 1.82) is 5.26 Å². The zero-order valence-corrected chi connectivity index (χ0v) is 13.2. The van der Waals surface area contributed by atoms with Crippen LogP contribution in [0.2, 0.25) is 0 Å². The van der Waals surface area contributed by atoms with Gasteiger partial charge in [0.2, 0.25) is 0 Å². The predicted octanol–water partition coefficient (Wildman–Crippen LogP) is 2.05. The highest BCUT2D eigenvalue weighted by molar-refractivity contribution is 5.94. The Hall–Kier alpha value is -2.78. The summed E-state index contributed by atoms with van der Waals surface area (Å²) in [7, 11) is 0. The molecular formula is C18H17FN4O. The predicted molar refractivity (Wildman–Crippen MR) is 86.5 cm³/mol. The van der Waals surface area contributed by atoms with Gasteiger partial charge in [0.05, 0.1) is 11.6 Å². The van der Waals surface area contributed by atoms with E-state index in [1.54, 1.807) is 24.5 Å². The van der Waals surface area contributed by atoms with Gasteiger partial charge in [-0.1, -0.05) is 0 Å². The Morgan fingerprint density at radius 2 is 1.88 bits per heavy atom. The monoisotopic (exact) mass is 324 g/mol.